The molecule has 102 valence electrons. The van der Waals surface area contributed by atoms with Gasteiger partial charge in [-0.3, -0.25) is 0 Å². The highest BCUT2D eigenvalue weighted by Crippen LogP contribution is 2.15. The zero-order chi connectivity index (χ0) is 13.6. The normalized spacial score (nSPS) is 13.3. The first-order valence-electron chi connectivity index (χ1n) is 6.00. The lowest BCUT2D eigenvalue weighted by atomic mass is 10.1. The average Bonchev–Trinajstić information content (AvgIpc) is 2.37. The smallest absolute Gasteiger partial charge is 0.240 e. The summed E-state index contributed by atoms with van der Waals surface area (Å²) in [4.78, 5) is 0.269. The number of benzene rings is 1. The minimum absolute atomic E-state index is 0.269. The molecule has 4 N–H and O–H groups in total. The molecule has 0 fully saturated rings. The highest BCUT2D eigenvalue weighted by molar-refractivity contribution is 7.89. The number of anilines is 1. The van der Waals surface area contributed by atoms with Gasteiger partial charge in [0.2, 0.25) is 10.0 Å². The monoisotopic (exact) mass is 271 g/mol. The first-order chi connectivity index (χ1) is 8.49. The van der Waals surface area contributed by atoms with Gasteiger partial charge in [-0.25, -0.2) is 13.1 Å². The van der Waals surface area contributed by atoms with Crippen molar-refractivity contribution in [1.29, 1.82) is 0 Å². The quantitative estimate of drug-likeness (QED) is 0.694. The van der Waals surface area contributed by atoms with Crippen molar-refractivity contribution in [3.63, 3.8) is 0 Å². The van der Waals surface area contributed by atoms with Gasteiger partial charge in [0.15, 0.2) is 0 Å². The molecule has 0 aliphatic heterocycles. The van der Waals surface area contributed by atoms with E-state index in [9.17, 15) is 8.42 Å². The molecule has 1 aromatic carbocycles. The van der Waals surface area contributed by atoms with E-state index in [0.717, 1.165) is 18.5 Å². The lowest BCUT2D eigenvalue weighted by Gasteiger charge is -2.15. The number of hydrogen-bond acceptors (Lipinski definition) is 4. The third-order valence-electron chi connectivity index (χ3n) is 2.69. The second-order valence-electron chi connectivity index (χ2n) is 4.21. The molecule has 0 spiro atoms. The van der Waals surface area contributed by atoms with Gasteiger partial charge in [-0.2, -0.15) is 0 Å². The van der Waals surface area contributed by atoms with Gasteiger partial charge in [0.05, 0.1) is 4.90 Å². The van der Waals surface area contributed by atoms with E-state index in [-0.39, 0.29) is 4.90 Å². The van der Waals surface area contributed by atoms with E-state index in [1.165, 1.54) is 7.05 Å². The van der Waals surface area contributed by atoms with E-state index in [1.807, 2.05) is 0 Å². The van der Waals surface area contributed by atoms with Gasteiger partial charge in [-0.15, -0.1) is 0 Å². The molecule has 6 heteroatoms. The summed E-state index contributed by atoms with van der Waals surface area (Å²) in [6.45, 7) is 2.76. The van der Waals surface area contributed by atoms with E-state index >= 15 is 0 Å². The summed E-state index contributed by atoms with van der Waals surface area (Å²) in [5.74, 6) is 0. The van der Waals surface area contributed by atoms with Crippen molar-refractivity contribution < 1.29 is 8.42 Å². The molecule has 1 unspecified atom stereocenters. The van der Waals surface area contributed by atoms with Crippen LogP contribution in [0.5, 0.6) is 0 Å². The van der Waals surface area contributed by atoms with Crippen LogP contribution in [-0.2, 0) is 10.0 Å². The Hall–Kier alpha value is -1.11. The third-order valence-corrected chi connectivity index (χ3v) is 4.12. The molecule has 1 rings (SSSR count). The van der Waals surface area contributed by atoms with Crippen LogP contribution < -0.4 is 15.8 Å². The van der Waals surface area contributed by atoms with Crippen molar-refractivity contribution in [3.8, 4) is 0 Å². The van der Waals surface area contributed by atoms with Crippen molar-refractivity contribution >= 4 is 15.7 Å². The van der Waals surface area contributed by atoms with Gasteiger partial charge in [0, 0.05) is 11.7 Å². The molecule has 1 atom stereocenters. The van der Waals surface area contributed by atoms with Crippen LogP contribution in [0, 0.1) is 0 Å². The summed E-state index contributed by atoms with van der Waals surface area (Å²) in [5, 5.41) is 3.30. The first kappa shape index (κ1) is 14.9. The van der Waals surface area contributed by atoms with Crippen LogP contribution in [-0.4, -0.2) is 28.1 Å². The van der Waals surface area contributed by atoms with E-state index in [1.54, 1.807) is 24.3 Å². The Morgan fingerprint density at radius 2 is 1.89 bits per heavy atom. The summed E-state index contributed by atoms with van der Waals surface area (Å²) in [5.41, 5.74) is 6.36. The highest BCUT2D eigenvalue weighted by Gasteiger charge is 2.10. The molecule has 0 heterocycles. The second-order valence-corrected chi connectivity index (χ2v) is 6.09. The summed E-state index contributed by atoms with van der Waals surface area (Å²) in [7, 11) is -1.95. The molecule has 0 amide bonds. The van der Waals surface area contributed by atoms with E-state index in [2.05, 4.69) is 17.0 Å². The standard InChI is InChI=1S/C12H21N3O2S/c1-10(4-3-9-13)15-11-5-7-12(8-6-11)18(16,17)14-2/h5-8,10,14-15H,3-4,9,13H2,1-2H3. The Kier molecular flexibility index (Phi) is 5.58. The van der Waals surface area contributed by atoms with Crippen LogP contribution in [0.1, 0.15) is 19.8 Å². The SMILES string of the molecule is CNS(=O)(=O)c1ccc(NC(C)CCCN)cc1. The predicted octanol–water partition coefficient (Wildman–Crippen LogP) is 1.13. The minimum Gasteiger partial charge on any atom is -0.383 e. The van der Waals surface area contributed by atoms with Crippen LogP contribution in [0.3, 0.4) is 0 Å². The molecule has 5 nitrogen and oxygen atoms in total. The number of rotatable bonds is 7. The van der Waals surface area contributed by atoms with Crippen molar-refractivity contribution in [3.05, 3.63) is 24.3 Å². The van der Waals surface area contributed by atoms with Gasteiger partial charge < -0.3 is 11.1 Å². The molecule has 18 heavy (non-hydrogen) atoms. The first-order valence-corrected chi connectivity index (χ1v) is 7.48. The maximum atomic E-state index is 11.5. The fourth-order valence-corrected chi connectivity index (χ4v) is 2.36. The van der Waals surface area contributed by atoms with Crippen molar-refractivity contribution in [2.24, 2.45) is 5.73 Å². The number of nitrogens with two attached hydrogens (primary N) is 1. The topological polar surface area (TPSA) is 84.2 Å². The summed E-state index contributed by atoms with van der Waals surface area (Å²) < 4.78 is 25.3. The molecule has 0 aromatic heterocycles. The van der Waals surface area contributed by atoms with Crippen LogP contribution >= 0.6 is 0 Å². The van der Waals surface area contributed by atoms with Crippen molar-refractivity contribution in [2.75, 3.05) is 18.9 Å². The van der Waals surface area contributed by atoms with Crippen LogP contribution in [0.2, 0.25) is 0 Å². The Morgan fingerprint density at radius 3 is 2.39 bits per heavy atom. The number of sulfonamides is 1. The molecule has 0 aliphatic rings. The Labute approximate surface area is 109 Å². The van der Waals surface area contributed by atoms with Crippen LogP contribution in [0.4, 0.5) is 5.69 Å². The van der Waals surface area contributed by atoms with Crippen molar-refractivity contribution in [1.82, 2.24) is 4.72 Å². The summed E-state index contributed by atoms with van der Waals surface area (Å²) in [6, 6.07) is 7.03. The molecule has 0 saturated heterocycles. The zero-order valence-corrected chi connectivity index (χ0v) is 11.6. The lowest BCUT2D eigenvalue weighted by Crippen LogP contribution is -2.19. The third kappa shape index (κ3) is 4.29. The van der Waals surface area contributed by atoms with E-state index in [0.29, 0.717) is 12.6 Å². The van der Waals surface area contributed by atoms with Gasteiger partial charge >= 0.3 is 0 Å². The molecule has 1 aromatic rings. The predicted molar refractivity (Wildman–Crippen MR) is 74.1 cm³/mol. The zero-order valence-electron chi connectivity index (χ0n) is 10.8. The van der Waals surface area contributed by atoms with Gasteiger partial charge in [-0.05, 0) is 57.6 Å². The lowest BCUT2D eigenvalue weighted by molar-refractivity contribution is 0.588. The summed E-state index contributed by atoms with van der Waals surface area (Å²) in [6.07, 6.45) is 1.97. The Bertz CT molecular complexity index is 457. The van der Waals surface area contributed by atoms with Gasteiger partial charge in [0.25, 0.3) is 0 Å². The maximum absolute atomic E-state index is 11.5. The number of hydrogen-bond donors (Lipinski definition) is 3. The fraction of sp³-hybridized carbons (Fsp3) is 0.500. The number of nitrogens with one attached hydrogen (secondary N) is 2. The Morgan fingerprint density at radius 1 is 1.28 bits per heavy atom. The Balaban J connectivity index is 2.66. The minimum atomic E-state index is -3.35. The second kappa shape index (κ2) is 6.72. The summed E-state index contributed by atoms with van der Waals surface area (Å²) >= 11 is 0. The largest absolute Gasteiger partial charge is 0.383 e. The molecule has 0 saturated carbocycles. The molecule has 0 bridgehead atoms. The molecule has 0 radical (unpaired) electrons. The van der Waals surface area contributed by atoms with Crippen LogP contribution in [0.25, 0.3) is 0 Å². The average molecular weight is 271 g/mol. The molecular weight excluding hydrogens is 250 g/mol. The van der Waals surface area contributed by atoms with Gasteiger partial charge in [-0.1, -0.05) is 0 Å². The maximum Gasteiger partial charge on any atom is 0.240 e. The van der Waals surface area contributed by atoms with E-state index < -0.39 is 10.0 Å². The van der Waals surface area contributed by atoms with Gasteiger partial charge in [0.1, 0.15) is 0 Å². The van der Waals surface area contributed by atoms with Crippen molar-refractivity contribution in [2.45, 2.75) is 30.7 Å². The fourth-order valence-electron chi connectivity index (χ4n) is 1.63. The molecular formula is C12H21N3O2S. The van der Waals surface area contributed by atoms with E-state index in [4.69, 9.17) is 5.73 Å². The highest BCUT2D eigenvalue weighted by atomic mass is 32.2. The van der Waals surface area contributed by atoms with Crippen LogP contribution in [0.15, 0.2) is 29.2 Å². The molecule has 0 aliphatic carbocycles.